The van der Waals surface area contributed by atoms with E-state index in [1.165, 1.54) is 4.90 Å². The molecule has 5 nitrogen and oxygen atoms in total. The van der Waals surface area contributed by atoms with Crippen LogP contribution in [0.1, 0.15) is 26.7 Å². The first kappa shape index (κ1) is 21.2. The minimum atomic E-state index is -1.02. The predicted octanol–water partition coefficient (Wildman–Crippen LogP) is 1.83. The van der Waals surface area contributed by atoms with Crippen molar-refractivity contribution >= 4 is 12.1 Å². The Morgan fingerprint density at radius 2 is 1.67 bits per heavy atom. The first-order chi connectivity index (χ1) is 8.61. The second kappa shape index (κ2) is 17.3. The molecular weight excluding hydrogens is 234 g/mol. The lowest BCUT2D eigenvalue weighted by Crippen LogP contribution is -2.36. The van der Waals surface area contributed by atoms with Crippen molar-refractivity contribution in [3.8, 4) is 25.7 Å². The van der Waals surface area contributed by atoms with Gasteiger partial charge in [-0.25, -0.2) is 4.79 Å². The molecule has 0 radical (unpaired) electrons. The second-order valence-electron chi connectivity index (χ2n) is 2.87. The van der Waals surface area contributed by atoms with Crippen LogP contribution in [-0.2, 0) is 9.53 Å². The number of aliphatic carboxylic acids is 1. The number of nitrogens with zero attached hydrogens (tertiary/aromatic N) is 1. The molecule has 0 aliphatic carbocycles. The quantitative estimate of drug-likeness (QED) is 0.735. The average Bonchev–Trinajstić information content (AvgIpc) is 2.39. The molecule has 0 aliphatic heterocycles. The van der Waals surface area contributed by atoms with Crippen LogP contribution in [0, 0.1) is 25.7 Å². The molecule has 0 spiro atoms. The topological polar surface area (TPSA) is 66.8 Å². The van der Waals surface area contributed by atoms with E-state index in [1.807, 2.05) is 6.92 Å². The molecule has 0 heterocycles. The number of ether oxygens (including phenoxy) is 1. The van der Waals surface area contributed by atoms with E-state index in [0.29, 0.717) is 6.54 Å². The Kier molecular flexibility index (Phi) is 20.3. The predicted molar refractivity (Wildman–Crippen MR) is 70.9 cm³/mol. The maximum Gasteiger partial charge on any atom is 0.410 e. The lowest BCUT2D eigenvalue weighted by Gasteiger charge is -2.19. The zero-order valence-electron chi connectivity index (χ0n) is 11.0. The van der Waals surface area contributed by atoms with Crippen molar-refractivity contribution in [2.45, 2.75) is 26.7 Å². The Morgan fingerprint density at radius 1 is 1.17 bits per heavy atom. The molecule has 0 rings (SSSR count). The van der Waals surface area contributed by atoms with Crippen molar-refractivity contribution in [2.24, 2.45) is 0 Å². The summed E-state index contributed by atoms with van der Waals surface area (Å²) in [6, 6.07) is 0. The average molecular weight is 255 g/mol. The molecular formula is C13H21NO4. The molecule has 0 aromatic heterocycles. The fourth-order valence-electron chi connectivity index (χ4n) is 0.962. The van der Waals surface area contributed by atoms with Crippen LogP contribution in [0.3, 0.4) is 0 Å². The number of hydrogen-bond acceptors (Lipinski definition) is 3. The lowest BCUT2D eigenvalue weighted by molar-refractivity contribution is -0.138. The SMILES string of the molecule is C#C.C#C.CCCCN(CC(=O)O)C(=O)OCC. The van der Waals surface area contributed by atoms with Gasteiger partial charge in [-0.05, 0) is 13.3 Å². The van der Waals surface area contributed by atoms with Gasteiger partial charge < -0.3 is 9.84 Å². The van der Waals surface area contributed by atoms with Crippen LogP contribution in [0.4, 0.5) is 4.79 Å². The number of rotatable bonds is 6. The molecule has 0 aromatic rings. The maximum absolute atomic E-state index is 11.2. The highest BCUT2D eigenvalue weighted by Crippen LogP contribution is 1.98. The molecule has 0 saturated carbocycles. The summed E-state index contributed by atoms with van der Waals surface area (Å²) in [5.74, 6) is -1.02. The van der Waals surface area contributed by atoms with Crippen LogP contribution in [0.5, 0.6) is 0 Å². The summed E-state index contributed by atoms with van der Waals surface area (Å²) < 4.78 is 4.73. The van der Waals surface area contributed by atoms with Gasteiger partial charge >= 0.3 is 12.1 Å². The van der Waals surface area contributed by atoms with Crippen LogP contribution in [0.15, 0.2) is 0 Å². The van der Waals surface area contributed by atoms with E-state index in [1.54, 1.807) is 6.92 Å². The Hall–Kier alpha value is -2.14. The molecule has 5 heteroatoms. The van der Waals surface area contributed by atoms with Gasteiger partial charge in [-0.3, -0.25) is 9.69 Å². The third-order valence-corrected chi connectivity index (χ3v) is 1.63. The van der Waals surface area contributed by atoms with E-state index in [-0.39, 0.29) is 13.2 Å². The Bertz CT molecular complexity index is 252. The first-order valence-corrected chi connectivity index (χ1v) is 5.42. The van der Waals surface area contributed by atoms with E-state index < -0.39 is 12.1 Å². The molecule has 1 amide bonds. The van der Waals surface area contributed by atoms with Gasteiger partial charge in [0.15, 0.2) is 0 Å². The van der Waals surface area contributed by atoms with E-state index in [0.717, 1.165) is 12.8 Å². The standard InChI is InChI=1S/C9H17NO4.2C2H2/c1-3-5-6-10(7-8(11)12)9(13)14-4-2;2*1-2/h3-7H2,1-2H3,(H,11,12);2*1-2H. The van der Waals surface area contributed by atoms with Crippen molar-refractivity contribution in [1.29, 1.82) is 0 Å². The molecule has 0 atom stereocenters. The Balaban J connectivity index is -0.000000506. The number of carboxylic acid groups (broad SMARTS) is 1. The molecule has 0 aromatic carbocycles. The fourth-order valence-corrected chi connectivity index (χ4v) is 0.962. The molecule has 18 heavy (non-hydrogen) atoms. The van der Waals surface area contributed by atoms with Crippen LogP contribution >= 0.6 is 0 Å². The molecule has 0 unspecified atom stereocenters. The van der Waals surface area contributed by atoms with Gasteiger partial charge in [0.2, 0.25) is 0 Å². The van der Waals surface area contributed by atoms with Gasteiger partial charge in [-0.15, -0.1) is 25.7 Å². The van der Waals surface area contributed by atoms with Crippen LogP contribution in [0.2, 0.25) is 0 Å². The number of carboxylic acids is 1. The fraction of sp³-hybridized carbons (Fsp3) is 0.538. The summed E-state index contributed by atoms with van der Waals surface area (Å²) in [6.07, 6.45) is 17.1. The lowest BCUT2D eigenvalue weighted by atomic mass is 10.3. The number of carbonyl (C=O) groups is 2. The highest BCUT2D eigenvalue weighted by atomic mass is 16.6. The summed E-state index contributed by atoms with van der Waals surface area (Å²) in [4.78, 5) is 22.9. The molecule has 0 bridgehead atoms. The summed E-state index contributed by atoms with van der Waals surface area (Å²) in [5, 5.41) is 8.55. The molecule has 0 saturated heterocycles. The van der Waals surface area contributed by atoms with Crippen LogP contribution in [0.25, 0.3) is 0 Å². The minimum Gasteiger partial charge on any atom is -0.480 e. The number of carbonyl (C=O) groups excluding carboxylic acids is 1. The van der Waals surface area contributed by atoms with Gasteiger partial charge in [0, 0.05) is 6.54 Å². The molecule has 0 fully saturated rings. The largest absolute Gasteiger partial charge is 0.480 e. The summed E-state index contributed by atoms with van der Waals surface area (Å²) >= 11 is 0. The number of terminal acetylenes is 2. The van der Waals surface area contributed by atoms with Gasteiger partial charge in [0.25, 0.3) is 0 Å². The summed E-state index contributed by atoms with van der Waals surface area (Å²) in [7, 11) is 0. The normalized spacial score (nSPS) is 7.67. The van der Waals surface area contributed by atoms with Crippen molar-refractivity contribution < 1.29 is 19.4 Å². The zero-order valence-corrected chi connectivity index (χ0v) is 11.0. The number of unbranched alkanes of at least 4 members (excludes halogenated alkanes) is 1. The summed E-state index contributed by atoms with van der Waals surface area (Å²) in [6.45, 7) is 4.07. The van der Waals surface area contributed by atoms with Crippen LogP contribution < -0.4 is 0 Å². The smallest absolute Gasteiger partial charge is 0.410 e. The molecule has 0 aliphatic rings. The number of amides is 1. The monoisotopic (exact) mass is 255 g/mol. The van der Waals surface area contributed by atoms with Crippen molar-refractivity contribution in [3.63, 3.8) is 0 Å². The highest BCUT2D eigenvalue weighted by molar-refractivity contribution is 5.76. The third-order valence-electron chi connectivity index (χ3n) is 1.63. The first-order valence-electron chi connectivity index (χ1n) is 5.42. The van der Waals surface area contributed by atoms with E-state index in [9.17, 15) is 9.59 Å². The van der Waals surface area contributed by atoms with Gasteiger partial charge in [0.1, 0.15) is 6.54 Å². The molecule has 102 valence electrons. The molecule has 1 N–H and O–H groups in total. The van der Waals surface area contributed by atoms with Crippen LogP contribution in [-0.4, -0.2) is 41.8 Å². The maximum atomic E-state index is 11.2. The van der Waals surface area contributed by atoms with Crippen molar-refractivity contribution in [1.82, 2.24) is 4.90 Å². The zero-order chi connectivity index (χ0) is 15.0. The van der Waals surface area contributed by atoms with Gasteiger partial charge in [0.05, 0.1) is 6.61 Å². The summed E-state index contributed by atoms with van der Waals surface area (Å²) in [5.41, 5.74) is 0. The Morgan fingerprint density at radius 3 is 2.00 bits per heavy atom. The third kappa shape index (κ3) is 13.9. The van der Waals surface area contributed by atoms with Crippen molar-refractivity contribution in [3.05, 3.63) is 0 Å². The van der Waals surface area contributed by atoms with Crippen molar-refractivity contribution in [2.75, 3.05) is 19.7 Å². The number of hydrogen-bond donors (Lipinski definition) is 1. The van der Waals surface area contributed by atoms with Gasteiger partial charge in [-0.2, -0.15) is 0 Å². The Labute approximate surface area is 109 Å². The van der Waals surface area contributed by atoms with Gasteiger partial charge in [-0.1, -0.05) is 13.3 Å². The van der Waals surface area contributed by atoms with E-state index in [4.69, 9.17) is 9.84 Å². The van der Waals surface area contributed by atoms with E-state index >= 15 is 0 Å². The second-order valence-corrected chi connectivity index (χ2v) is 2.87. The minimum absolute atomic E-state index is 0.265. The van der Waals surface area contributed by atoms with E-state index in [2.05, 4.69) is 25.7 Å². The highest BCUT2D eigenvalue weighted by Gasteiger charge is 2.16.